The van der Waals surface area contributed by atoms with Crippen LogP contribution in [0.2, 0.25) is 0 Å². The molecule has 0 bridgehead atoms. The van der Waals surface area contributed by atoms with Crippen molar-refractivity contribution < 1.29 is 0 Å². The minimum Gasteiger partial charge on any atom is -0.340 e. The van der Waals surface area contributed by atoms with E-state index in [1.807, 2.05) is 4.57 Å². The number of hydrogen-bond acceptors (Lipinski definition) is 5. The highest BCUT2D eigenvalue weighted by atomic mass is 32.1. The van der Waals surface area contributed by atoms with E-state index in [0.29, 0.717) is 6.54 Å². The molecule has 0 atom stereocenters. The maximum absolute atomic E-state index is 13.4. The third-order valence-corrected chi connectivity index (χ3v) is 7.74. The van der Waals surface area contributed by atoms with Gasteiger partial charge in [-0.1, -0.05) is 29.8 Å². The molecule has 5 rings (SSSR count). The Hall–Kier alpha value is -2.18. The van der Waals surface area contributed by atoms with Crippen molar-refractivity contribution in [2.45, 2.75) is 52.6 Å². The summed E-state index contributed by atoms with van der Waals surface area (Å²) >= 11 is 1.75. The number of rotatable bonds is 4. The Kier molecular flexibility index (Phi) is 5.37. The van der Waals surface area contributed by atoms with Gasteiger partial charge in [-0.15, -0.1) is 11.3 Å². The second-order valence-electron chi connectivity index (χ2n) is 8.60. The largest absolute Gasteiger partial charge is 0.340 e. The molecule has 3 aromatic rings. The first-order chi connectivity index (χ1) is 14.6. The van der Waals surface area contributed by atoms with Crippen LogP contribution in [0.3, 0.4) is 0 Å². The van der Waals surface area contributed by atoms with Crippen molar-refractivity contribution in [3.05, 3.63) is 56.2 Å². The highest BCUT2D eigenvalue weighted by Gasteiger charge is 2.25. The predicted molar refractivity (Wildman–Crippen MR) is 125 cm³/mol. The molecule has 1 fully saturated rings. The minimum atomic E-state index is 0.166. The van der Waals surface area contributed by atoms with Crippen LogP contribution < -0.4 is 10.5 Å². The fourth-order valence-corrected chi connectivity index (χ4v) is 6.06. The molecule has 1 aliphatic carbocycles. The molecule has 3 heterocycles. The van der Waals surface area contributed by atoms with Gasteiger partial charge in [-0.25, -0.2) is 4.98 Å². The van der Waals surface area contributed by atoms with Crippen LogP contribution in [0, 0.1) is 6.92 Å². The Morgan fingerprint density at radius 3 is 2.50 bits per heavy atom. The normalized spacial score (nSPS) is 17.5. The van der Waals surface area contributed by atoms with E-state index < -0.39 is 0 Å². The summed E-state index contributed by atoms with van der Waals surface area (Å²) in [4.78, 5) is 25.6. The topological polar surface area (TPSA) is 41.4 Å². The second-order valence-corrected chi connectivity index (χ2v) is 9.68. The third kappa shape index (κ3) is 3.56. The van der Waals surface area contributed by atoms with Crippen molar-refractivity contribution in [1.29, 1.82) is 0 Å². The molecule has 5 nitrogen and oxygen atoms in total. The summed E-state index contributed by atoms with van der Waals surface area (Å²) < 4.78 is 1.90. The predicted octanol–water partition coefficient (Wildman–Crippen LogP) is 3.99. The SMILES string of the molecule is CCn1c(N2CCN(Cc3ccc(C)cc3)CC2)nc2sc3c(c2c1=O)CCCC3. The van der Waals surface area contributed by atoms with Gasteiger partial charge >= 0.3 is 0 Å². The lowest BCUT2D eigenvalue weighted by atomic mass is 9.97. The lowest BCUT2D eigenvalue weighted by molar-refractivity contribution is 0.248. The second kappa shape index (κ2) is 8.16. The van der Waals surface area contributed by atoms with Crippen molar-refractivity contribution in [1.82, 2.24) is 14.5 Å². The molecular formula is C24H30N4OS. The fourth-order valence-electron chi connectivity index (χ4n) is 4.81. The smallest absolute Gasteiger partial charge is 0.263 e. The lowest BCUT2D eigenvalue weighted by Gasteiger charge is -2.36. The summed E-state index contributed by atoms with van der Waals surface area (Å²) in [6, 6.07) is 8.82. The maximum Gasteiger partial charge on any atom is 0.263 e. The molecule has 0 radical (unpaired) electrons. The van der Waals surface area contributed by atoms with E-state index in [-0.39, 0.29) is 5.56 Å². The van der Waals surface area contributed by atoms with E-state index >= 15 is 0 Å². The van der Waals surface area contributed by atoms with Gasteiger partial charge in [-0.05, 0) is 50.7 Å². The highest BCUT2D eigenvalue weighted by Crippen LogP contribution is 2.34. The van der Waals surface area contributed by atoms with Crippen molar-refractivity contribution in [3.63, 3.8) is 0 Å². The molecule has 2 aromatic heterocycles. The van der Waals surface area contributed by atoms with Crippen LogP contribution in [0.1, 0.15) is 41.3 Å². The Labute approximate surface area is 182 Å². The van der Waals surface area contributed by atoms with E-state index in [4.69, 9.17) is 4.98 Å². The van der Waals surface area contributed by atoms with Crippen LogP contribution in [-0.4, -0.2) is 40.6 Å². The monoisotopic (exact) mass is 422 g/mol. The van der Waals surface area contributed by atoms with E-state index in [0.717, 1.165) is 61.7 Å². The van der Waals surface area contributed by atoms with E-state index in [2.05, 4.69) is 47.9 Å². The number of benzene rings is 1. The first-order valence-corrected chi connectivity index (χ1v) is 12.0. The molecule has 1 aromatic carbocycles. The van der Waals surface area contributed by atoms with Crippen LogP contribution in [0.5, 0.6) is 0 Å². The first-order valence-electron chi connectivity index (χ1n) is 11.2. The number of piperazine rings is 1. The summed E-state index contributed by atoms with van der Waals surface area (Å²) in [6.07, 6.45) is 4.56. The van der Waals surface area contributed by atoms with Crippen LogP contribution in [-0.2, 0) is 25.9 Å². The fraction of sp³-hybridized carbons (Fsp3) is 0.500. The molecule has 158 valence electrons. The number of anilines is 1. The van der Waals surface area contributed by atoms with Gasteiger partial charge in [0.2, 0.25) is 5.95 Å². The number of aromatic nitrogens is 2. The number of fused-ring (bicyclic) bond motifs is 3. The Morgan fingerprint density at radius 1 is 1.03 bits per heavy atom. The van der Waals surface area contributed by atoms with E-state index in [9.17, 15) is 4.79 Å². The molecule has 0 N–H and O–H groups in total. The van der Waals surface area contributed by atoms with Crippen LogP contribution in [0.4, 0.5) is 5.95 Å². The van der Waals surface area contributed by atoms with Gasteiger partial charge in [0.25, 0.3) is 5.56 Å². The van der Waals surface area contributed by atoms with Crippen molar-refractivity contribution in [2.75, 3.05) is 31.1 Å². The minimum absolute atomic E-state index is 0.166. The molecule has 0 spiro atoms. The standard InChI is InChI=1S/C24H30N4OS/c1-3-28-23(29)21-19-6-4-5-7-20(19)30-22(21)25-24(28)27-14-12-26(13-15-27)16-18-10-8-17(2)9-11-18/h8-11H,3-7,12-16H2,1-2H3. The van der Waals surface area contributed by atoms with Crippen LogP contribution in [0.25, 0.3) is 10.2 Å². The van der Waals surface area contributed by atoms with Crippen molar-refractivity contribution in [3.8, 4) is 0 Å². The average Bonchev–Trinajstić information content (AvgIpc) is 3.14. The van der Waals surface area contributed by atoms with Gasteiger partial charge < -0.3 is 4.90 Å². The molecule has 0 amide bonds. The summed E-state index contributed by atoms with van der Waals surface area (Å²) in [6.45, 7) is 9.65. The number of hydrogen-bond donors (Lipinski definition) is 0. The highest BCUT2D eigenvalue weighted by molar-refractivity contribution is 7.18. The molecule has 0 unspecified atom stereocenters. The zero-order chi connectivity index (χ0) is 20.7. The van der Waals surface area contributed by atoms with Crippen LogP contribution >= 0.6 is 11.3 Å². The molecule has 0 saturated carbocycles. The molecular weight excluding hydrogens is 392 g/mol. The lowest BCUT2D eigenvalue weighted by Crippen LogP contribution is -2.48. The Bertz CT molecular complexity index is 1110. The summed E-state index contributed by atoms with van der Waals surface area (Å²) in [7, 11) is 0. The molecule has 30 heavy (non-hydrogen) atoms. The maximum atomic E-state index is 13.4. The quantitative estimate of drug-likeness (QED) is 0.638. The van der Waals surface area contributed by atoms with E-state index in [1.165, 1.54) is 34.4 Å². The number of thiophene rings is 1. The first kappa shape index (κ1) is 19.8. The molecule has 2 aliphatic rings. The molecule has 1 aliphatic heterocycles. The van der Waals surface area contributed by atoms with Gasteiger partial charge in [0.15, 0.2) is 0 Å². The number of nitrogens with zero attached hydrogens (tertiary/aromatic N) is 4. The molecule has 6 heteroatoms. The zero-order valence-corrected chi connectivity index (χ0v) is 18.8. The van der Waals surface area contributed by atoms with Crippen molar-refractivity contribution >= 4 is 27.5 Å². The van der Waals surface area contributed by atoms with Gasteiger partial charge in [-0.2, -0.15) is 0 Å². The van der Waals surface area contributed by atoms with Crippen molar-refractivity contribution in [2.24, 2.45) is 0 Å². The van der Waals surface area contributed by atoms with Gasteiger partial charge in [0.1, 0.15) is 4.83 Å². The summed E-state index contributed by atoms with van der Waals surface area (Å²) in [5, 5.41) is 0.901. The number of aryl methyl sites for hydroxylation is 3. The van der Waals surface area contributed by atoms with Crippen LogP contribution in [0.15, 0.2) is 29.1 Å². The summed E-state index contributed by atoms with van der Waals surface area (Å²) in [5.74, 6) is 0.864. The van der Waals surface area contributed by atoms with Gasteiger partial charge in [-0.3, -0.25) is 14.3 Å². The summed E-state index contributed by atoms with van der Waals surface area (Å²) in [5.41, 5.74) is 4.12. The van der Waals surface area contributed by atoms with Gasteiger partial charge in [0.05, 0.1) is 5.39 Å². The third-order valence-electron chi connectivity index (χ3n) is 6.55. The Morgan fingerprint density at radius 2 is 1.77 bits per heavy atom. The Balaban J connectivity index is 1.38. The van der Waals surface area contributed by atoms with Gasteiger partial charge in [0, 0.05) is 44.1 Å². The average molecular weight is 423 g/mol. The molecule has 1 saturated heterocycles. The van der Waals surface area contributed by atoms with E-state index in [1.54, 1.807) is 11.3 Å². The zero-order valence-electron chi connectivity index (χ0n) is 18.0.